The van der Waals surface area contributed by atoms with E-state index in [1.54, 1.807) is 18.4 Å². The van der Waals surface area contributed by atoms with Crippen LogP contribution in [0.4, 0.5) is 0 Å². The van der Waals surface area contributed by atoms with Gasteiger partial charge in [-0.25, -0.2) is 4.99 Å². The number of guanidine groups is 1. The molecule has 2 N–H and O–H groups in total. The molecule has 1 atom stereocenters. The zero-order chi connectivity index (χ0) is 16.9. The molecule has 0 bridgehead atoms. The largest absolute Gasteiger partial charge is 0.369 e. The Labute approximate surface area is 145 Å². The number of hydrogen-bond acceptors (Lipinski definition) is 4. The topological polar surface area (TPSA) is 58.7 Å². The number of aliphatic imine (C=N–C) groups is 1. The zero-order valence-electron chi connectivity index (χ0n) is 14.0. The molecule has 2 heterocycles. The third-order valence-electron chi connectivity index (χ3n) is 4.97. The van der Waals surface area contributed by atoms with Gasteiger partial charge in [0.15, 0.2) is 5.96 Å². The molecule has 0 saturated heterocycles. The normalized spacial score (nSPS) is 24.8. The molecule has 2 aromatic rings. The fourth-order valence-corrected chi connectivity index (χ4v) is 4.03. The van der Waals surface area contributed by atoms with Crippen molar-refractivity contribution in [3.05, 3.63) is 40.8 Å². The number of thiophene rings is 1. The van der Waals surface area contributed by atoms with Crippen molar-refractivity contribution in [2.24, 2.45) is 16.6 Å². The number of rotatable bonds is 3. The molecule has 1 fully saturated rings. The molecule has 1 aliphatic carbocycles. The lowest BCUT2D eigenvalue weighted by Gasteiger charge is -2.33. The van der Waals surface area contributed by atoms with Crippen LogP contribution in [-0.2, 0) is 10.3 Å². The molecular weight excluding hydrogens is 318 g/mol. The number of amides is 1. The first-order valence-electron chi connectivity index (χ1n) is 8.28. The highest BCUT2D eigenvalue weighted by atomic mass is 32.1. The summed E-state index contributed by atoms with van der Waals surface area (Å²) in [5.74, 6) is 1.05. The number of carbonyl (C=O) groups is 1. The fourth-order valence-electron chi connectivity index (χ4n) is 3.12. The Hall–Kier alpha value is -2.14. The van der Waals surface area contributed by atoms with Gasteiger partial charge < -0.3 is 5.73 Å². The van der Waals surface area contributed by atoms with E-state index < -0.39 is 5.54 Å². The van der Waals surface area contributed by atoms with Gasteiger partial charge in [-0.1, -0.05) is 18.2 Å². The van der Waals surface area contributed by atoms with E-state index in [9.17, 15) is 4.79 Å². The number of nitrogens with two attached hydrogens (primary N) is 1. The van der Waals surface area contributed by atoms with Crippen molar-refractivity contribution in [2.45, 2.75) is 31.7 Å². The van der Waals surface area contributed by atoms with Crippen molar-refractivity contribution in [3.63, 3.8) is 0 Å². The van der Waals surface area contributed by atoms with Gasteiger partial charge in [-0.2, -0.15) is 0 Å². The maximum Gasteiger partial charge on any atom is 0.231 e. The highest BCUT2D eigenvalue weighted by Gasteiger charge is 2.36. The summed E-state index contributed by atoms with van der Waals surface area (Å²) in [7, 11) is 1.67. The van der Waals surface area contributed by atoms with Crippen LogP contribution >= 0.6 is 11.3 Å². The number of nitrogens with zero attached hydrogens (tertiary/aromatic N) is 2. The molecule has 1 aromatic carbocycles. The summed E-state index contributed by atoms with van der Waals surface area (Å²) in [6.07, 6.45) is 7.51. The van der Waals surface area contributed by atoms with E-state index in [0.717, 1.165) is 11.5 Å². The van der Waals surface area contributed by atoms with Crippen molar-refractivity contribution in [1.82, 2.24) is 4.90 Å². The Morgan fingerprint density at radius 2 is 2.21 bits per heavy atom. The van der Waals surface area contributed by atoms with Crippen LogP contribution in [0.15, 0.2) is 34.6 Å². The summed E-state index contributed by atoms with van der Waals surface area (Å²) in [4.78, 5) is 18.2. The third-order valence-corrected chi connectivity index (χ3v) is 5.95. The SMILES string of the molecule is CN1C(=O)C[C@@](C)(c2ccc3scc(C=CC4CC4)c3c2)N=C1N. The molecule has 4 rings (SSSR count). The predicted octanol–water partition coefficient (Wildman–Crippen LogP) is 3.72. The van der Waals surface area contributed by atoms with E-state index in [1.807, 2.05) is 6.92 Å². The maximum atomic E-state index is 12.2. The summed E-state index contributed by atoms with van der Waals surface area (Å²) in [5.41, 5.74) is 7.64. The summed E-state index contributed by atoms with van der Waals surface area (Å²) >= 11 is 1.75. The van der Waals surface area contributed by atoms with Gasteiger partial charge in [0.2, 0.25) is 5.91 Å². The predicted molar refractivity (Wildman–Crippen MR) is 99.9 cm³/mol. The van der Waals surface area contributed by atoms with E-state index in [4.69, 9.17) is 5.73 Å². The molecule has 2 aliphatic rings. The summed E-state index contributed by atoms with van der Waals surface area (Å²) in [5, 5.41) is 3.43. The Morgan fingerprint density at radius 1 is 1.42 bits per heavy atom. The van der Waals surface area contributed by atoms with Crippen molar-refractivity contribution >= 4 is 39.4 Å². The van der Waals surface area contributed by atoms with Gasteiger partial charge in [0.25, 0.3) is 0 Å². The van der Waals surface area contributed by atoms with Gasteiger partial charge in [0, 0.05) is 17.1 Å². The molecule has 1 aromatic heterocycles. The molecule has 24 heavy (non-hydrogen) atoms. The number of fused-ring (bicyclic) bond motifs is 1. The molecule has 0 radical (unpaired) electrons. The first kappa shape index (κ1) is 15.4. The Morgan fingerprint density at radius 3 is 2.92 bits per heavy atom. The molecular formula is C19H21N3OS. The molecule has 0 unspecified atom stereocenters. The van der Waals surface area contributed by atoms with E-state index in [-0.39, 0.29) is 11.9 Å². The molecule has 1 aliphatic heterocycles. The van der Waals surface area contributed by atoms with Crippen LogP contribution in [0.1, 0.15) is 37.3 Å². The van der Waals surface area contributed by atoms with Gasteiger partial charge in [-0.05, 0) is 54.3 Å². The molecule has 124 valence electrons. The van der Waals surface area contributed by atoms with Crippen LogP contribution < -0.4 is 5.73 Å². The number of allylic oxidation sites excluding steroid dienone is 1. The smallest absolute Gasteiger partial charge is 0.231 e. The zero-order valence-corrected chi connectivity index (χ0v) is 14.8. The standard InChI is InChI=1S/C19H21N3OS/c1-19(10-17(23)22(2)18(20)21-19)14-7-8-16-15(9-14)13(11-24-16)6-5-12-3-4-12/h5-9,11-12H,3-4,10H2,1-2H3,(H2,20,21)/t19-/m0/s1. The lowest BCUT2D eigenvalue weighted by atomic mass is 9.87. The minimum atomic E-state index is -0.596. The van der Waals surface area contributed by atoms with Crippen LogP contribution in [0.25, 0.3) is 16.2 Å². The molecule has 4 nitrogen and oxygen atoms in total. The monoisotopic (exact) mass is 339 g/mol. The van der Waals surface area contributed by atoms with Gasteiger partial charge in [0.1, 0.15) is 0 Å². The fraction of sp³-hybridized carbons (Fsp3) is 0.368. The summed E-state index contributed by atoms with van der Waals surface area (Å²) < 4.78 is 1.26. The lowest BCUT2D eigenvalue weighted by Crippen LogP contribution is -2.47. The second kappa shape index (κ2) is 5.45. The maximum absolute atomic E-state index is 12.2. The van der Waals surface area contributed by atoms with E-state index in [1.165, 1.54) is 33.4 Å². The summed E-state index contributed by atoms with van der Waals surface area (Å²) in [6, 6.07) is 6.37. The van der Waals surface area contributed by atoms with Crippen LogP contribution in [-0.4, -0.2) is 23.8 Å². The number of hydrogen-bond donors (Lipinski definition) is 1. The second-order valence-corrected chi connectivity index (χ2v) is 7.88. The van der Waals surface area contributed by atoms with Gasteiger partial charge in [-0.3, -0.25) is 9.69 Å². The van der Waals surface area contributed by atoms with E-state index in [2.05, 4.69) is 40.7 Å². The average molecular weight is 339 g/mol. The van der Waals surface area contributed by atoms with Crippen LogP contribution in [0, 0.1) is 5.92 Å². The van der Waals surface area contributed by atoms with Crippen molar-refractivity contribution in [2.75, 3.05) is 7.05 Å². The lowest BCUT2D eigenvalue weighted by molar-refractivity contribution is -0.128. The highest BCUT2D eigenvalue weighted by molar-refractivity contribution is 7.17. The van der Waals surface area contributed by atoms with Crippen molar-refractivity contribution < 1.29 is 4.79 Å². The first-order valence-corrected chi connectivity index (χ1v) is 9.16. The Bertz CT molecular complexity index is 878. The highest BCUT2D eigenvalue weighted by Crippen LogP contribution is 2.37. The molecule has 5 heteroatoms. The van der Waals surface area contributed by atoms with Crippen LogP contribution in [0.2, 0.25) is 0 Å². The third kappa shape index (κ3) is 2.63. The van der Waals surface area contributed by atoms with Gasteiger partial charge >= 0.3 is 0 Å². The molecule has 1 saturated carbocycles. The van der Waals surface area contributed by atoms with Crippen LogP contribution in [0.3, 0.4) is 0 Å². The Balaban J connectivity index is 1.76. The van der Waals surface area contributed by atoms with Crippen LogP contribution in [0.5, 0.6) is 0 Å². The van der Waals surface area contributed by atoms with Gasteiger partial charge in [-0.15, -0.1) is 11.3 Å². The second-order valence-electron chi connectivity index (χ2n) is 6.97. The molecule has 1 amide bonds. The quantitative estimate of drug-likeness (QED) is 0.926. The number of benzene rings is 1. The summed E-state index contributed by atoms with van der Waals surface area (Å²) in [6.45, 7) is 1.98. The van der Waals surface area contributed by atoms with E-state index >= 15 is 0 Å². The minimum absolute atomic E-state index is 0.00395. The first-order chi connectivity index (χ1) is 11.5. The van der Waals surface area contributed by atoms with Gasteiger partial charge in [0.05, 0.1) is 12.0 Å². The van der Waals surface area contributed by atoms with Crippen molar-refractivity contribution in [1.29, 1.82) is 0 Å². The number of carbonyl (C=O) groups excluding carboxylic acids is 1. The average Bonchev–Trinajstić information content (AvgIpc) is 3.29. The van der Waals surface area contributed by atoms with E-state index in [0.29, 0.717) is 6.42 Å². The molecule has 0 spiro atoms. The van der Waals surface area contributed by atoms with Crippen molar-refractivity contribution in [3.8, 4) is 0 Å². The Kier molecular flexibility index (Phi) is 3.49. The minimum Gasteiger partial charge on any atom is -0.369 e.